The van der Waals surface area contributed by atoms with Gasteiger partial charge < -0.3 is 15.7 Å². The molecule has 2 atom stereocenters. The summed E-state index contributed by atoms with van der Waals surface area (Å²) in [5, 5.41) is 17.1. The van der Waals surface area contributed by atoms with Gasteiger partial charge in [-0.05, 0) is 63.2 Å². The number of aliphatic hydroxyl groups is 1. The van der Waals surface area contributed by atoms with E-state index in [-0.39, 0.29) is 5.91 Å². The number of carbonyl (C=O) groups excluding carboxylic acids is 1. The van der Waals surface area contributed by atoms with E-state index in [1.165, 1.54) is 12.8 Å². The summed E-state index contributed by atoms with van der Waals surface area (Å²) < 4.78 is 0. The van der Waals surface area contributed by atoms with Crippen molar-refractivity contribution in [2.24, 2.45) is 11.8 Å². The largest absolute Gasteiger partial charge is 0.388 e. The zero-order chi connectivity index (χ0) is 14.9. The van der Waals surface area contributed by atoms with Crippen molar-refractivity contribution >= 4 is 5.91 Å². The molecule has 2 heterocycles. The molecule has 0 aromatic heterocycles. The molecule has 2 bridgehead atoms. The van der Waals surface area contributed by atoms with Gasteiger partial charge in [-0.1, -0.05) is 6.92 Å². The van der Waals surface area contributed by atoms with Gasteiger partial charge in [-0.3, -0.25) is 4.79 Å². The number of nitrogens with one attached hydrogen (secondary N) is 2. The maximum absolute atomic E-state index is 12.2. The lowest BCUT2D eigenvalue weighted by molar-refractivity contribution is -0.124. The second-order valence-corrected chi connectivity index (χ2v) is 7.86. The predicted octanol–water partition coefficient (Wildman–Crippen LogP) is 1.96. The molecule has 1 aliphatic carbocycles. The molecule has 3 aliphatic rings. The number of rotatable bonds is 4. The summed E-state index contributed by atoms with van der Waals surface area (Å²) in [4.78, 5) is 12.2. The number of hydrogen-bond donors (Lipinski definition) is 3. The highest BCUT2D eigenvalue weighted by Crippen LogP contribution is 2.33. The highest BCUT2D eigenvalue weighted by Gasteiger charge is 2.35. The van der Waals surface area contributed by atoms with Crippen LogP contribution in [0.15, 0.2) is 0 Å². The van der Waals surface area contributed by atoms with Gasteiger partial charge >= 0.3 is 0 Å². The Morgan fingerprint density at radius 3 is 2.43 bits per heavy atom. The monoisotopic (exact) mass is 294 g/mol. The van der Waals surface area contributed by atoms with Crippen molar-refractivity contribution in [3.8, 4) is 0 Å². The van der Waals surface area contributed by atoms with Gasteiger partial charge in [0.1, 0.15) is 0 Å². The summed E-state index contributed by atoms with van der Waals surface area (Å²) in [7, 11) is 0. The van der Waals surface area contributed by atoms with E-state index in [4.69, 9.17) is 0 Å². The van der Waals surface area contributed by atoms with Crippen molar-refractivity contribution < 1.29 is 9.90 Å². The first kappa shape index (κ1) is 15.3. The third kappa shape index (κ3) is 3.98. The van der Waals surface area contributed by atoms with Crippen molar-refractivity contribution in [2.45, 2.75) is 82.4 Å². The topological polar surface area (TPSA) is 61.4 Å². The lowest BCUT2D eigenvalue weighted by atomic mass is 9.79. The Labute approximate surface area is 128 Å². The van der Waals surface area contributed by atoms with E-state index < -0.39 is 5.60 Å². The Morgan fingerprint density at radius 2 is 1.81 bits per heavy atom. The molecule has 0 aromatic rings. The van der Waals surface area contributed by atoms with Crippen LogP contribution in [0.1, 0.15) is 64.7 Å². The molecule has 4 nitrogen and oxygen atoms in total. The summed E-state index contributed by atoms with van der Waals surface area (Å²) in [6.07, 6.45) is 9.28. The van der Waals surface area contributed by atoms with Crippen molar-refractivity contribution in [1.82, 2.24) is 10.6 Å². The summed E-state index contributed by atoms with van der Waals surface area (Å²) in [5.74, 6) is 1.38. The van der Waals surface area contributed by atoms with Crippen LogP contribution in [0, 0.1) is 11.8 Å². The number of carbonyl (C=O) groups is 1. The number of hydrogen-bond acceptors (Lipinski definition) is 3. The van der Waals surface area contributed by atoms with Gasteiger partial charge in [0.15, 0.2) is 0 Å². The van der Waals surface area contributed by atoms with E-state index in [2.05, 4.69) is 17.6 Å². The highest BCUT2D eigenvalue weighted by molar-refractivity contribution is 5.76. The first-order valence-corrected chi connectivity index (χ1v) is 8.77. The van der Waals surface area contributed by atoms with E-state index in [9.17, 15) is 9.90 Å². The van der Waals surface area contributed by atoms with Crippen LogP contribution in [-0.4, -0.2) is 35.2 Å². The Bertz CT molecular complexity index is 365. The molecule has 2 aliphatic heterocycles. The van der Waals surface area contributed by atoms with Gasteiger partial charge in [-0.25, -0.2) is 0 Å². The van der Waals surface area contributed by atoms with E-state index in [0.717, 1.165) is 38.5 Å². The molecule has 3 rings (SSSR count). The van der Waals surface area contributed by atoms with Gasteiger partial charge in [-0.15, -0.1) is 0 Å². The third-order valence-corrected chi connectivity index (χ3v) is 5.86. The van der Waals surface area contributed by atoms with Crippen molar-refractivity contribution in [3.63, 3.8) is 0 Å². The number of piperidine rings is 1. The maximum Gasteiger partial charge on any atom is 0.220 e. The third-order valence-electron chi connectivity index (χ3n) is 5.86. The molecule has 0 radical (unpaired) electrons. The molecule has 4 heteroatoms. The summed E-state index contributed by atoms with van der Waals surface area (Å²) in [6, 6.07) is 1.29. The molecule has 120 valence electrons. The number of fused-ring (bicyclic) bond motifs is 2. The molecular formula is C17H30N2O2. The fourth-order valence-corrected chi connectivity index (χ4v) is 4.42. The smallest absolute Gasteiger partial charge is 0.220 e. The van der Waals surface area contributed by atoms with Gasteiger partial charge in [-0.2, -0.15) is 0 Å². The van der Waals surface area contributed by atoms with Crippen LogP contribution in [0.25, 0.3) is 0 Å². The van der Waals surface area contributed by atoms with E-state index in [1.54, 1.807) is 0 Å². The molecule has 3 N–H and O–H groups in total. The van der Waals surface area contributed by atoms with Crippen LogP contribution in [-0.2, 0) is 4.79 Å². The second kappa shape index (κ2) is 6.25. The van der Waals surface area contributed by atoms with E-state index >= 15 is 0 Å². The minimum Gasteiger partial charge on any atom is -0.388 e. The van der Waals surface area contributed by atoms with Gasteiger partial charge in [0, 0.05) is 25.0 Å². The first-order valence-electron chi connectivity index (χ1n) is 8.77. The Kier molecular flexibility index (Phi) is 4.55. The van der Waals surface area contributed by atoms with Crippen LogP contribution in [0.3, 0.4) is 0 Å². The average molecular weight is 294 g/mol. The quantitative estimate of drug-likeness (QED) is 0.743. The van der Waals surface area contributed by atoms with E-state index in [0.29, 0.717) is 36.9 Å². The molecule has 3 fully saturated rings. The van der Waals surface area contributed by atoms with E-state index in [1.807, 2.05) is 0 Å². The van der Waals surface area contributed by atoms with Gasteiger partial charge in [0.25, 0.3) is 0 Å². The zero-order valence-corrected chi connectivity index (χ0v) is 13.2. The maximum atomic E-state index is 12.2. The molecule has 2 unspecified atom stereocenters. The molecule has 1 saturated carbocycles. The van der Waals surface area contributed by atoms with Crippen LogP contribution < -0.4 is 10.6 Å². The van der Waals surface area contributed by atoms with Crippen molar-refractivity contribution in [1.29, 1.82) is 0 Å². The van der Waals surface area contributed by atoms with Crippen molar-refractivity contribution in [2.75, 3.05) is 6.54 Å². The minimum atomic E-state index is -0.657. The molecular weight excluding hydrogens is 264 g/mol. The molecule has 1 amide bonds. The summed E-state index contributed by atoms with van der Waals surface area (Å²) in [5.41, 5.74) is -0.657. The molecule has 0 spiro atoms. The lowest BCUT2D eigenvalue weighted by Crippen LogP contribution is -2.46. The Hall–Kier alpha value is -0.610. The standard InChI is InChI=1S/C17H30N2O2/c1-12-4-6-17(21,7-5-12)11-18-16(20)10-13-8-14-2-3-15(9-13)19-14/h12-15,19,21H,2-11H2,1H3,(H,18,20). The zero-order valence-electron chi connectivity index (χ0n) is 13.2. The van der Waals surface area contributed by atoms with Crippen molar-refractivity contribution in [3.05, 3.63) is 0 Å². The normalized spacial score (nSPS) is 42.8. The lowest BCUT2D eigenvalue weighted by Gasteiger charge is -2.35. The van der Waals surface area contributed by atoms with Crippen LogP contribution >= 0.6 is 0 Å². The van der Waals surface area contributed by atoms with Crippen LogP contribution in [0.2, 0.25) is 0 Å². The SMILES string of the molecule is CC1CCC(O)(CNC(=O)CC2CC3CCC(C2)N3)CC1. The molecule has 2 saturated heterocycles. The minimum absolute atomic E-state index is 0.133. The Morgan fingerprint density at radius 1 is 1.19 bits per heavy atom. The Balaban J connectivity index is 1.40. The van der Waals surface area contributed by atoms with Crippen LogP contribution in [0.5, 0.6) is 0 Å². The van der Waals surface area contributed by atoms with Crippen LogP contribution in [0.4, 0.5) is 0 Å². The highest BCUT2D eigenvalue weighted by atomic mass is 16.3. The second-order valence-electron chi connectivity index (χ2n) is 7.86. The van der Waals surface area contributed by atoms with Gasteiger partial charge in [0.05, 0.1) is 5.60 Å². The van der Waals surface area contributed by atoms with Gasteiger partial charge in [0.2, 0.25) is 5.91 Å². The fraction of sp³-hybridized carbons (Fsp3) is 0.941. The average Bonchev–Trinajstić information content (AvgIpc) is 2.80. The summed E-state index contributed by atoms with van der Waals surface area (Å²) >= 11 is 0. The number of amides is 1. The molecule has 0 aromatic carbocycles. The molecule has 21 heavy (non-hydrogen) atoms. The summed E-state index contributed by atoms with van der Waals surface area (Å²) in [6.45, 7) is 2.68. The first-order chi connectivity index (χ1) is 10.0. The predicted molar refractivity (Wildman–Crippen MR) is 82.9 cm³/mol. The fourth-order valence-electron chi connectivity index (χ4n) is 4.42.